The first-order chi connectivity index (χ1) is 17.4. The number of benzene rings is 2. The second kappa shape index (κ2) is 10.2. The minimum atomic E-state index is -0.508. The lowest BCUT2D eigenvalue weighted by atomic mass is 9.86. The van der Waals surface area contributed by atoms with Crippen molar-refractivity contribution >= 4 is 50.6 Å². The van der Waals surface area contributed by atoms with Gasteiger partial charge in [0.05, 0.1) is 21.7 Å². The van der Waals surface area contributed by atoms with Gasteiger partial charge in [0.25, 0.3) is 11.2 Å². The van der Waals surface area contributed by atoms with Crippen LogP contribution in [0.5, 0.6) is 0 Å². The molecule has 4 aromatic rings. The summed E-state index contributed by atoms with van der Waals surface area (Å²) in [5.74, 6) is 0.287. The average molecular weight is 521 g/mol. The molecule has 1 unspecified atom stereocenters. The Balaban J connectivity index is 1.48. The third kappa shape index (κ3) is 4.78. The predicted octanol–water partition coefficient (Wildman–Crippen LogP) is 5.60. The molecule has 2 aromatic carbocycles. The molecule has 1 aliphatic rings. The quantitative estimate of drug-likeness (QED) is 0.147. The van der Waals surface area contributed by atoms with E-state index in [4.69, 9.17) is 4.98 Å². The van der Waals surface area contributed by atoms with Gasteiger partial charge in [0.2, 0.25) is 5.91 Å². The number of carbonyl (C=O) groups excluding carboxylic acids is 1. The van der Waals surface area contributed by atoms with Gasteiger partial charge in [-0.15, -0.1) is 11.3 Å². The van der Waals surface area contributed by atoms with Crippen LogP contribution >= 0.6 is 23.1 Å². The van der Waals surface area contributed by atoms with Crippen molar-refractivity contribution in [3.8, 4) is 5.69 Å². The number of aryl methyl sites for hydroxylation is 1. The third-order valence-electron chi connectivity index (χ3n) is 6.42. The highest BCUT2D eigenvalue weighted by atomic mass is 32.2. The smallest absolute Gasteiger partial charge is 0.271 e. The first kappa shape index (κ1) is 24.2. The maximum Gasteiger partial charge on any atom is 0.271 e. The minimum Gasteiger partial charge on any atom is -0.325 e. The zero-order valence-electron chi connectivity index (χ0n) is 19.6. The normalized spacial score (nSPS) is 15.0. The number of anilines is 1. The molecule has 0 aliphatic heterocycles. The topological polar surface area (TPSA) is 107 Å². The number of thioether (sulfide) groups is 1. The molecule has 0 bridgehead atoms. The highest BCUT2D eigenvalue weighted by molar-refractivity contribution is 7.99. The molecule has 2 heterocycles. The summed E-state index contributed by atoms with van der Waals surface area (Å²) in [7, 11) is 0. The van der Waals surface area contributed by atoms with Crippen LogP contribution in [-0.2, 0) is 17.6 Å². The van der Waals surface area contributed by atoms with E-state index in [9.17, 15) is 19.7 Å². The standard InChI is InChI=1S/C26H24N4O4S2/c1-2-16-11-12-20-21(13-16)36-24-23(20)25(32)29(18-8-4-3-5-9-18)26(28-24)35-15-22(31)27-17-7-6-10-19(14-17)30(33)34/h3-10,14,16H,2,11-13,15H2,1H3,(H,27,31). The molecule has 184 valence electrons. The summed E-state index contributed by atoms with van der Waals surface area (Å²) < 4.78 is 1.59. The third-order valence-corrected chi connectivity index (χ3v) is 8.51. The number of nitro benzene ring substituents is 1. The Hall–Kier alpha value is -3.50. The number of amides is 1. The molecule has 5 rings (SSSR count). The molecule has 0 fully saturated rings. The van der Waals surface area contributed by atoms with E-state index in [2.05, 4.69) is 12.2 Å². The van der Waals surface area contributed by atoms with E-state index in [1.165, 1.54) is 34.8 Å². The van der Waals surface area contributed by atoms with E-state index in [1.54, 1.807) is 22.0 Å². The van der Waals surface area contributed by atoms with E-state index in [0.29, 0.717) is 27.8 Å². The van der Waals surface area contributed by atoms with Crippen molar-refractivity contribution in [2.75, 3.05) is 11.1 Å². The Morgan fingerprint density at radius 2 is 2.06 bits per heavy atom. The van der Waals surface area contributed by atoms with Gasteiger partial charge in [0.1, 0.15) is 4.83 Å². The van der Waals surface area contributed by atoms with Gasteiger partial charge < -0.3 is 5.32 Å². The van der Waals surface area contributed by atoms with Gasteiger partial charge in [0, 0.05) is 22.7 Å². The minimum absolute atomic E-state index is 0.00350. The Bertz CT molecular complexity index is 1510. The lowest BCUT2D eigenvalue weighted by molar-refractivity contribution is -0.384. The van der Waals surface area contributed by atoms with Gasteiger partial charge in [0.15, 0.2) is 5.16 Å². The van der Waals surface area contributed by atoms with Gasteiger partial charge in [-0.3, -0.25) is 24.3 Å². The zero-order valence-corrected chi connectivity index (χ0v) is 21.2. The van der Waals surface area contributed by atoms with Crippen molar-refractivity contribution in [1.29, 1.82) is 0 Å². The number of non-ortho nitro benzene ring substituents is 1. The summed E-state index contributed by atoms with van der Waals surface area (Å²) >= 11 is 2.76. The highest BCUT2D eigenvalue weighted by Crippen LogP contribution is 2.38. The molecule has 0 radical (unpaired) electrons. The molecule has 1 N–H and O–H groups in total. The van der Waals surface area contributed by atoms with Gasteiger partial charge in [-0.05, 0) is 48.9 Å². The summed E-state index contributed by atoms with van der Waals surface area (Å²) in [6.07, 6.45) is 4.06. The largest absolute Gasteiger partial charge is 0.325 e. The van der Waals surface area contributed by atoms with Crippen LogP contribution < -0.4 is 10.9 Å². The molecule has 10 heteroatoms. The molecule has 0 saturated carbocycles. The molecule has 0 saturated heterocycles. The number of nitrogens with one attached hydrogen (secondary N) is 1. The van der Waals surface area contributed by atoms with Crippen molar-refractivity contribution in [2.45, 2.75) is 37.8 Å². The van der Waals surface area contributed by atoms with Crippen molar-refractivity contribution in [3.63, 3.8) is 0 Å². The maximum atomic E-state index is 13.8. The van der Waals surface area contributed by atoms with Crippen LogP contribution in [0.4, 0.5) is 11.4 Å². The number of thiophene rings is 1. The second-order valence-corrected chi connectivity index (χ2v) is 10.7. The van der Waals surface area contributed by atoms with Crippen molar-refractivity contribution in [2.24, 2.45) is 5.92 Å². The van der Waals surface area contributed by atoms with E-state index in [0.717, 1.165) is 36.1 Å². The number of aromatic nitrogens is 2. The number of hydrogen-bond donors (Lipinski definition) is 1. The van der Waals surface area contributed by atoms with Gasteiger partial charge in [-0.25, -0.2) is 4.98 Å². The molecular formula is C26H24N4O4S2. The van der Waals surface area contributed by atoms with Crippen molar-refractivity contribution in [3.05, 3.63) is 85.5 Å². The van der Waals surface area contributed by atoms with Crippen LogP contribution in [0.15, 0.2) is 64.5 Å². The highest BCUT2D eigenvalue weighted by Gasteiger charge is 2.26. The van der Waals surface area contributed by atoms with Crippen LogP contribution in [0.3, 0.4) is 0 Å². The first-order valence-corrected chi connectivity index (χ1v) is 13.5. The Kier molecular flexibility index (Phi) is 6.88. The van der Waals surface area contributed by atoms with E-state index in [1.807, 2.05) is 30.3 Å². The predicted molar refractivity (Wildman–Crippen MR) is 143 cm³/mol. The summed E-state index contributed by atoms with van der Waals surface area (Å²) in [5.41, 5.74) is 1.95. The van der Waals surface area contributed by atoms with Crippen LogP contribution in [0.25, 0.3) is 15.9 Å². The van der Waals surface area contributed by atoms with Gasteiger partial charge in [-0.2, -0.15) is 0 Å². The van der Waals surface area contributed by atoms with Crippen LogP contribution in [0.1, 0.15) is 30.2 Å². The number of para-hydroxylation sites is 1. The number of hydrogen-bond acceptors (Lipinski definition) is 7. The Morgan fingerprint density at radius 1 is 1.25 bits per heavy atom. The Morgan fingerprint density at radius 3 is 2.81 bits per heavy atom. The van der Waals surface area contributed by atoms with Crippen LogP contribution in [0.2, 0.25) is 0 Å². The summed E-state index contributed by atoms with van der Waals surface area (Å²) in [4.78, 5) is 43.8. The van der Waals surface area contributed by atoms with Gasteiger partial charge in [-0.1, -0.05) is 49.4 Å². The van der Waals surface area contributed by atoms with Crippen molar-refractivity contribution in [1.82, 2.24) is 9.55 Å². The average Bonchev–Trinajstić information content (AvgIpc) is 3.26. The molecule has 1 amide bonds. The zero-order chi connectivity index (χ0) is 25.2. The number of nitro groups is 1. The lowest BCUT2D eigenvalue weighted by Crippen LogP contribution is -2.23. The van der Waals surface area contributed by atoms with Crippen LogP contribution in [-0.4, -0.2) is 26.1 Å². The summed E-state index contributed by atoms with van der Waals surface area (Å²) in [6.45, 7) is 2.21. The van der Waals surface area contributed by atoms with Gasteiger partial charge >= 0.3 is 0 Å². The number of rotatable bonds is 7. The van der Waals surface area contributed by atoms with E-state index < -0.39 is 4.92 Å². The number of carbonyl (C=O) groups is 1. The molecule has 36 heavy (non-hydrogen) atoms. The van der Waals surface area contributed by atoms with Crippen molar-refractivity contribution < 1.29 is 9.72 Å². The molecule has 1 atom stereocenters. The summed E-state index contributed by atoms with van der Waals surface area (Å²) in [5, 5.41) is 14.8. The number of nitrogens with zero attached hydrogens (tertiary/aromatic N) is 3. The lowest BCUT2D eigenvalue weighted by Gasteiger charge is -2.20. The fourth-order valence-electron chi connectivity index (χ4n) is 4.55. The SMILES string of the molecule is CCC1CCc2c(sc3nc(SCC(=O)Nc4cccc([N+](=O)[O-])c4)n(-c4ccccc4)c(=O)c23)C1. The molecule has 8 nitrogen and oxygen atoms in total. The maximum absolute atomic E-state index is 13.8. The number of fused-ring (bicyclic) bond motifs is 3. The molecular weight excluding hydrogens is 496 g/mol. The molecule has 2 aromatic heterocycles. The van der Waals surface area contributed by atoms with E-state index >= 15 is 0 Å². The van der Waals surface area contributed by atoms with E-state index in [-0.39, 0.29) is 22.9 Å². The fraction of sp³-hybridized carbons (Fsp3) is 0.269. The second-order valence-electron chi connectivity index (χ2n) is 8.72. The fourth-order valence-corrected chi connectivity index (χ4v) is 6.74. The molecule has 0 spiro atoms. The monoisotopic (exact) mass is 520 g/mol. The summed E-state index contributed by atoms with van der Waals surface area (Å²) in [6, 6.07) is 15.1. The first-order valence-electron chi connectivity index (χ1n) is 11.7. The Labute approximate surface area is 215 Å². The molecule has 1 aliphatic carbocycles. The van der Waals surface area contributed by atoms with Crippen LogP contribution in [0, 0.1) is 16.0 Å².